The number of phenols is 1. The van der Waals surface area contributed by atoms with Crippen LogP contribution >= 0.6 is 0 Å². The van der Waals surface area contributed by atoms with Gasteiger partial charge >= 0.3 is 0 Å². The van der Waals surface area contributed by atoms with Crippen molar-refractivity contribution in [1.29, 1.82) is 5.26 Å². The zero-order valence-electron chi connectivity index (χ0n) is 12.9. The number of phenolic OH excluding ortho intramolecular Hbond substituents is 1. The van der Waals surface area contributed by atoms with Crippen LogP contribution in [0.4, 0.5) is 13.2 Å². The number of fused-ring (bicyclic) bond motifs is 2. The second kappa shape index (κ2) is 6.13. The molecule has 0 saturated heterocycles. The Bertz CT molecular complexity index is 903. The molecule has 0 heterocycles. The molecule has 0 fully saturated rings. The third-order valence-corrected chi connectivity index (χ3v) is 3.92. The lowest BCUT2D eigenvalue weighted by molar-refractivity contribution is -0.00967. The first-order valence-corrected chi connectivity index (χ1v) is 7.43. The van der Waals surface area contributed by atoms with E-state index < -0.39 is 36.1 Å². The zero-order valence-corrected chi connectivity index (χ0v) is 12.9. The third-order valence-electron chi connectivity index (χ3n) is 3.92. The molecule has 1 aliphatic rings. The number of benzene rings is 2. The standard InChI is InChI=1S/C18H12F3NO3/c19-11-5-10(9-22)6-12(7-11)25-16-2-1-13-15(23)3-4-18(20,21)8-14(16)17(13)24/h1-2,5-7,24H,3-4,8H2. The molecule has 2 aromatic carbocycles. The number of ether oxygens (including phenoxy) is 1. The van der Waals surface area contributed by atoms with Gasteiger partial charge in [0.2, 0.25) is 0 Å². The number of nitriles is 1. The van der Waals surface area contributed by atoms with E-state index in [1.807, 2.05) is 0 Å². The molecule has 0 spiro atoms. The molecule has 128 valence electrons. The third kappa shape index (κ3) is 3.43. The summed E-state index contributed by atoms with van der Waals surface area (Å²) in [4.78, 5) is 11.9. The highest BCUT2D eigenvalue weighted by molar-refractivity contribution is 5.99. The number of rotatable bonds is 2. The molecule has 0 amide bonds. The molecule has 1 N–H and O–H groups in total. The molecule has 1 aliphatic carbocycles. The summed E-state index contributed by atoms with van der Waals surface area (Å²) in [7, 11) is 0. The summed E-state index contributed by atoms with van der Waals surface area (Å²) in [6, 6.07) is 7.55. The quantitative estimate of drug-likeness (QED) is 0.877. The predicted octanol–water partition coefficient (Wildman–Crippen LogP) is 4.35. The van der Waals surface area contributed by atoms with Crippen molar-refractivity contribution in [2.75, 3.05) is 0 Å². The van der Waals surface area contributed by atoms with Gasteiger partial charge in [0.1, 0.15) is 23.1 Å². The van der Waals surface area contributed by atoms with Crippen LogP contribution in [0.15, 0.2) is 30.3 Å². The first kappa shape index (κ1) is 16.8. The van der Waals surface area contributed by atoms with E-state index in [0.29, 0.717) is 0 Å². The maximum absolute atomic E-state index is 14.0. The van der Waals surface area contributed by atoms with Crippen molar-refractivity contribution in [3.63, 3.8) is 0 Å². The van der Waals surface area contributed by atoms with Gasteiger partial charge in [0.05, 0.1) is 17.2 Å². The van der Waals surface area contributed by atoms with Crippen LogP contribution in [0.25, 0.3) is 0 Å². The van der Waals surface area contributed by atoms with Gasteiger partial charge in [-0.2, -0.15) is 5.26 Å². The summed E-state index contributed by atoms with van der Waals surface area (Å²) in [6.45, 7) is 0. The molecule has 0 atom stereocenters. The molecular weight excluding hydrogens is 335 g/mol. The second-order valence-corrected chi connectivity index (χ2v) is 5.78. The van der Waals surface area contributed by atoms with E-state index in [0.717, 1.165) is 12.1 Å². The van der Waals surface area contributed by atoms with E-state index in [1.165, 1.54) is 18.2 Å². The lowest BCUT2D eigenvalue weighted by Gasteiger charge is -2.23. The van der Waals surface area contributed by atoms with E-state index in [2.05, 4.69) is 0 Å². The van der Waals surface area contributed by atoms with Crippen LogP contribution in [0.2, 0.25) is 0 Å². The molecule has 0 aromatic heterocycles. The average Bonchev–Trinajstić information content (AvgIpc) is 2.55. The minimum atomic E-state index is -3.19. The number of carbonyl (C=O) groups is 1. The SMILES string of the molecule is N#Cc1cc(F)cc(Oc2ccc3c(O)c2CC(F)(F)CCC3=O)c1. The minimum Gasteiger partial charge on any atom is -0.507 e. The number of carbonyl (C=O) groups excluding carboxylic acids is 1. The van der Waals surface area contributed by atoms with Gasteiger partial charge in [-0.1, -0.05) is 0 Å². The van der Waals surface area contributed by atoms with Crippen molar-refractivity contribution in [1.82, 2.24) is 0 Å². The fourth-order valence-corrected chi connectivity index (χ4v) is 2.70. The van der Waals surface area contributed by atoms with Gasteiger partial charge < -0.3 is 9.84 Å². The Morgan fingerprint density at radius 1 is 1.24 bits per heavy atom. The Labute approximate surface area is 141 Å². The van der Waals surface area contributed by atoms with Crippen LogP contribution in [0.5, 0.6) is 17.2 Å². The van der Waals surface area contributed by atoms with Gasteiger partial charge in [-0.3, -0.25) is 4.79 Å². The molecule has 0 unspecified atom stereocenters. The molecular formula is C18H12F3NO3. The van der Waals surface area contributed by atoms with Gasteiger partial charge in [0.25, 0.3) is 5.92 Å². The number of halogens is 3. The maximum Gasteiger partial charge on any atom is 0.252 e. The Kier molecular flexibility index (Phi) is 4.13. The number of alkyl halides is 2. The van der Waals surface area contributed by atoms with Gasteiger partial charge in [-0.25, -0.2) is 13.2 Å². The number of Topliss-reactive ketones (excluding diaryl/α,β-unsaturated/α-hetero) is 1. The van der Waals surface area contributed by atoms with Gasteiger partial charge in [-0.05, 0) is 24.3 Å². The van der Waals surface area contributed by atoms with Crippen molar-refractivity contribution in [3.05, 3.63) is 52.8 Å². The Balaban J connectivity index is 2.07. The molecule has 0 saturated carbocycles. The summed E-state index contributed by atoms with van der Waals surface area (Å²) < 4.78 is 46.9. The van der Waals surface area contributed by atoms with Crippen molar-refractivity contribution in [2.45, 2.75) is 25.2 Å². The fourth-order valence-electron chi connectivity index (χ4n) is 2.70. The summed E-state index contributed by atoms with van der Waals surface area (Å²) in [6.07, 6.45) is -1.81. The van der Waals surface area contributed by atoms with Crippen molar-refractivity contribution >= 4 is 5.78 Å². The minimum absolute atomic E-state index is 0.000911. The summed E-state index contributed by atoms with van der Waals surface area (Å²) in [5.41, 5.74) is -0.271. The Morgan fingerprint density at radius 3 is 2.72 bits per heavy atom. The molecule has 0 radical (unpaired) electrons. The highest BCUT2D eigenvalue weighted by atomic mass is 19.3. The Morgan fingerprint density at radius 2 is 2.00 bits per heavy atom. The van der Waals surface area contributed by atoms with E-state index in [1.54, 1.807) is 6.07 Å². The number of hydrogen-bond donors (Lipinski definition) is 1. The molecule has 2 bridgehead atoms. The van der Waals surface area contributed by atoms with Crippen molar-refractivity contribution < 1.29 is 27.8 Å². The zero-order chi connectivity index (χ0) is 18.2. The van der Waals surface area contributed by atoms with Gasteiger partial charge in [0, 0.05) is 30.9 Å². The highest BCUT2D eigenvalue weighted by Crippen LogP contribution is 2.41. The first-order valence-electron chi connectivity index (χ1n) is 7.43. The second-order valence-electron chi connectivity index (χ2n) is 5.78. The van der Waals surface area contributed by atoms with Crippen LogP contribution in [-0.2, 0) is 6.42 Å². The number of nitrogens with zero attached hydrogens (tertiary/aromatic N) is 1. The Hall–Kier alpha value is -3.01. The molecule has 7 heteroatoms. The van der Waals surface area contributed by atoms with Crippen LogP contribution in [0, 0.1) is 17.1 Å². The number of ketones is 1. The topological polar surface area (TPSA) is 70.3 Å². The van der Waals surface area contributed by atoms with E-state index in [-0.39, 0.29) is 34.6 Å². The summed E-state index contributed by atoms with van der Waals surface area (Å²) >= 11 is 0. The lowest BCUT2D eigenvalue weighted by Crippen LogP contribution is -2.24. The van der Waals surface area contributed by atoms with Gasteiger partial charge in [-0.15, -0.1) is 0 Å². The van der Waals surface area contributed by atoms with E-state index in [9.17, 15) is 23.1 Å². The molecule has 0 aliphatic heterocycles. The van der Waals surface area contributed by atoms with Crippen LogP contribution < -0.4 is 4.74 Å². The monoisotopic (exact) mass is 347 g/mol. The van der Waals surface area contributed by atoms with E-state index >= 15 is 0 Å². The van der Waals surface area contributed by atoms with E-state index in [4.69, 9.17) is 10.00 Å². The average molecular weight is 347 g/mol. The number of hydrogen-bond acceptors (Lipinski definition) is 4. The first-order chi connectivity index (χ1) is 11.8. The smallest absolute Gasteiger partial charge is 0.252 e. The van der Waals surface area contributed by atoms with Crippen LogP contribution in [0.1, 0.15) is 34.3 Å². The molecule has 4 nitrogen and oxygen atoms in total. The molecule has 25 heavy (non-hydrogen) atoms. The summed E-state index contributed by atoms with van der Waals surface area (Å²) in [5.74, 6) is -5.25. The van der Waals surface area contributed by atoms with Gasteiger partial charge in [0.15, 0.2) is 5.78 Å². The lowest BCUT2D eigenvalue weighted by atomic mass is 9.91. The van der Waals surface area contributed by atoms with Crippen LogP contribution in [0.3, 0.4) is 0 Å². The maximum atomic E-state index is 14.0. The van der Waals surface area contributed by atoms with Crippen molar-refractivity contribution in [3.8, 4) is 23.3 Å². The van der Waals surface area contributed by atoms with Crippen LogP contribution in [-0.4, -0.2) is 16.8 Å². The summed E-state index contributed by atoms with van der Waals surface area (Å²) in [5, 5.41) is 19.1. The van der Waals surface area contributed by atoms with Crippen molar-refractivity contribution in [2.24, 2.45) is 0 Å². The number of aromatic hydroxyl groups is 1. The molecule has 2 aromatic rings. The largest absolute Gasteiger partial charge is 0.507 e. The fraction of sp³-hybridized carbons (Fsp3) is 0.222. The predicted molar refractivity (Wildman–Crippen MR) is 81.5 cm³/mol. The normalized spacial score (nSPS) is 15.8. The highest BCUT2D eigenvalue weighted by Gasteiger charge is 2.36. The molecule has 3 rings (SSSR count).